The van der Waals surface area contributed by atoms with E-state index in [0.29, 0.717) is 28.7 Å². The van der Waals surface area contributed by atoms with Gasteiger partial charge in [-0.3, -0.25) is 4.79 Å². The molecule has 0 amide bonds. The van der Waals surface area contributed by atoms with E-state index < -0.39 is 10.0 Å². The first kappa shape index (κ1) is 23.0. The van der Waals surface area contributed by atoms with Crippen LogP contribution >= 0.6 is 11.8 Å². The minimum absolute atomic E-state index is 0.119. The molecule has 3 rings (SSSR count). The lowest BCUT2D eigenvalue weighted by atomic mass is 10.3. The lowest BCUT2D eigenvalue weighted by Gasteiger charge is -2.11. The van der Waals surface area contributed by atoms with E-state index in [4.69, 9.17) is 9.47 Å². The van der Waals surface area contributed by atoms with E-state index in [2.05, 4.69) is 20.0 Å². The third-order valence-electron chi connectivity index (χ3n) is 4.41. The van der Waals surface area contributed by atoms with Crippen LogP contribution < -0.4 is 9.46 Å². The highest BCUT2D eigenvalue weighted by Crippen LogP contribution is 2.24. The van der Waals surface area contributed by atoms with E-state index in [9.17, 15) is 13.2 Å². The van der Waals surface area contributed by atoms with E-state index in [0.717, 1.165) is 0 Å². The van der Waals surface area contributed by atoms with Gasteiger partial charge in [0.2, 0.25) is 10.0 Å². The first-order chi connectivity index (χ1) is 14.9. The Morgan fingerprint density at radius 2 is 1.90 bits per heavy atom. The Bertz CT molecular complexity index is 1150. The normalized spacial score (nSPS) is 12.6. The summed E-state index contributed by atoms with van der Waals surface area (Å²) in [5.41, 5.74) is 0.531. The first-order valence-corrected chi connectivity index (χ1v) is 11.8. The van der Waals surface area contributed by atoms with Gasteiger partial charge in [-0.2, -0.15) is 9.61 Å². The van der Waals surface area contributed by atoms with Gasteiger partial charge < -0.3 is 9.47 Å². The predicted octanol–water partition coefficient (Wildman–Crippen LogP) is 1.70. The van der Waals surface area contributed by atoms with Gasteiger partial charge >= 0.3 is 5.97 Å². The van der Waals surface area contributed by atoms with Gasteiger partial charge in [0.15, 0.2) is 11.5 Å². The smallest absolute Gasteiger partial charge is 0.319 e. The molecule has 166 valence electrons. The third-order valence-corrected chi connectivity index (χ3v) is 7.16. The Kier molecular flexibility index (Phi) is 7.46. The first-order valence-electron chi connectivity index (χ1n) is 9.47. The zero-order valence-electron chi connectivity index (χ0n) is 17.3. The summed E-state index contributed by atoms with van der Waals surface area (Å²) < 4.78 is 38.9. The van der Waals surface area contributed by atoms with Crippen molar-refractivity contribution in [3.8, 4) is 5.75 Å². The molecule has 12 heteroatoms. The molecule has 10 nitrogen and oxygen atoms in total. The van der Waals surface area contributed by atoms with E-state index in [-0.39, 0.29) is 29.1 Å². The second kappa shape index (κ2) is 10.1. The fourth-order valence-electron chi connectivity index (χ4n) is 2.75. The van der Waals surface area contributed by atoms with Gasteiger partial charge in [-0.15, -0.1) is 10.2 Å². The average Bonchev–Trinajstić information content (AvgIpc) is 3.19. The van der Waals surface area contributed by atoms with Crippen molar-refractivity contribution in [2.24, 2.45) is 0 Å². The van der Waals surface area contributed by atoms with Crippen molar-refractivity contribution in [3.63, 3.8) is 0 Å². The lowest BCUT2D eigenvalue weighted by Crippen LogP contribution is -2.26. The standard InChI is InChI=1S/C19H23N5O5S2/c1-4-15(19(25)29-3)30-18-10-9-16-21-22-17(24(16)23-18)11-12-20-31(26,27)14-7-5-13(28-2)6-8-14/h5-10,15,20H,4,11-12H2,1-3H3/t15-/m1/s1. The third kappa shape index (κ3) is 5.51. The van der Waals surface area contributed by atoms with Gasteiger partial charge in [0.25, 0.3) is 0 Å². The maximum Gasteiger partial charge on any atom is 0.319 e. The van der Waals surface area contributed by atoms with Crippen molar-refractivity contribution in [1.82, 2.24) is 24.5 Å². The number of esters is 1. The van der Waals surface area contributed by atoms with E-state index in [1.54, 1.807) is 28.8 Å². The van der Waals surface area contributed by atoms with Gasteiger partial charge in [-0.05, 0) is 42.8 Å². The van der Waals surface area contributed by atoms with E-state index in [1.807, 2.05) is 6.92 Å². The van der Waals surface area contributed by atoms with Crippen LogP contribution in [-0.2, 0) is 26.0 Å². The average molecular weight is 466 g/mol. The summed E-state index contributed by atoms with van der Waals surface area (Å²) in [6, 6.07) is 9.63. The Morgan fingerprint density at radius 1 is 1.16 bits per heavy atom. The second-order valence-corrected chi connectivity index (χ2v) is 9.41. The molecular formula is C19H23N5O5S2. The number of nitrogens with zero attached hydrogens (tertiary/aromatic N) is 4. The van der Waals surface area contributed by atoms with Crippen molar-refractivity contribution in [1.29, 1.82) is 0 Å². The molecule has 0 bridgehead atoms. The SMILES string of the molecule is CC[C@@H](Sc1ccc2nnc(CCNS(=O)(=O)c3ccc(OC)cc3)n2n1)C(=O)OC. The molecule has 1 aromatic carbocycles. The summed E-state index contributed by atoms with van der Waals surface area (Å²) in [6.07, 6.45) is 0.880. The summed E-state index contributed by atoms with van der Waals surface area (Å²) in [6.45, 7) is 2.01. The molecule has 1 N–H and O–H groups in total. The largest absolute Gasteiger partial charge is 0.497 e. The van der Waals surface area contributed by atoms with Crippen molar-refractivity contribution < 1.29 is 22.7 Å². The number of sulfonamides is 1. The predicted molar refractivity (Wildman–Crippen MR) is 115 cm³/mol. The number of ether oxygens (including phenoxy) is 2. The maximum atomic E-state index is 12.5. The minimum Gasteiger partial charge on any atom is -0.497 e. The quantitative estimate of drug-likeness (QED) is 0.352. The van der Waals surface area contributed by atoms with Crippen molar-refractivity contribution in [2.75, 3.05) is 20.8 Å². The van der Waals surface area contributed by atoms with Crippen LogP contribution in [0.2, 0.25) is 0 Å². The zero-order chi connectivity index (χ0) is 22.4. The summed E-state index contributed by atoms with van der Waals surface area (Å²) in [5.74, 6) is 0.762. The number of hydrogen-bond acceptors (Lipinski definition) is 9. The topological polar surface area (TPSA) is 125 Å². The second-order valence-electron chi connectivity index (χ2n) is 6.42. The summed E-state index contributed by atoms with van der Waals surface area (Å²) in [4.78, 5) is 12.0. The van der Waals surface area contributed by atoms with Crippen molar-refractivity contribution >= 4 is 33.4 Å². The van der Waals surface area contributed by atoms with Crippen LogP contribution in [0.1, 0.15) is 19.2 Å². The van der Waals surface area contributed by atoms with Crippen LogP contribution in [-0.4, -0.2) is 60.2 Å². The van der Waals surface area contributed by atoms with Crippen LogP contribution in [0.25, 0.3) is 5.65 Å². The number of nitrogens with one attached hydrogen (secondary N) is 1. The Morgan fingerprint density at radius 3 is 2.55 bits per heavy atom. The Hall–Kier alpha value is -2.70. The molecular weight excluding hydrogens is 442 g/mol. The minimum atomic E-state index is -3.67. The van der Waals surface area contributed by atoms with Gasteiger partial charge in [0.05, 0.1) is 19.1 Å². The number of carbonyl (C=O) groups excluding carboxylic acids is 1. The Balaban J connectivity index is 1.69. The summed E-state index contributed by atoms with van der Waals surface area (Å²) >= 11 is 1.29. The lowest BCUT2D eigenvalue weighted by molar-refractivity contribution is -0.140. The van der Waals surface area contributed by atoms with Crippen LogP contribution in [0, 0.1) is 0 Å². The number of thioether (sulfide) groups is 1. The molecule has 0 radical (unpaired) electrons. The molecule has 0 aliphatic carbocycles. The molecule has 2 aromatic heterocycles. The molecule has 0 unspecified atom stereocenters. The fraction of sp³-hybridized carbons (Fsp3) is 0.368. The number of hydrogen-bond donors (Lipinski definition) is 1. The molecule has 3 aromatic rings. The number of fused-ring (bicyclic) bond motifs is 1. The summed E-state index contributed by atoms with van der Waals surface area (Å²) in [7, 11) is -0.802. The molecule has 0 fully saturated rings. The molecule has 0 spiro atoms. The molecule has 0 aliphatic rings. The molecule has 0 saturated heterocycles. The maximum absolute atomic E-state index is 12.5. The van der Waals surface area contributed by atoms with Crippen molar-refractivity contribution in [2.45, 2.75) is 34.9 Å². The Labute approximate surface area is 184 Å². The zero-order valence-corrected chi connectivity index (χ0v) is 18.9. The van der Waals surface area contributed by atoms with E-state index >= 15 is 0 Å². The number of aromatic nitrogens is 4. The number of benzene rings is 1. The number of carbonyl (C=O) groups is 1. The highest BCUT2D eigenvalue weighted by molar-refractivity contribution is 8.00. The van der Waals surface area contributed by atoms with Gasteiger partial charge in [0.1, 0.15) is 16.0 Å². The van der Waals surface area contributed by atoms with Crippen LogP contribution in [0.4, 0.5) is 0 Å². The molecule has 0 saturated carbocycles. The number of methoxy groups -OCH3 is 2. The van der Waals surface area contributed by atoms with Crippen LogP contribution in [0.3, 0.4) is 0 Å². The van der Waals surface area contributed by atoms with Crippen LogP contribution in [0.5, 0.6) is 5.75 Å². The molecule has 1 atom stereocenters. The monoisotopic (exact) mass is 465 g/mol. The van der Waals surface area contributed by atoms with Crippen LogP contribution in [0.15, 0.2) is 46.3 Å². The fourth-order valence-corrected chi connectivity index (χ4v) is 4.70. The van der Waals surface area contributed by atoms with Gasteiger partial charge in [-0.25, -0.2) is 13.1 Å². The number of rotatable bonds is 10. The highest BCUT2D eigenvalue weighted by Gasteiger charge is 2.20. The summed E-state index contributed by atoms with van der Waals surface area (Å²) in [5, 5.41) is 12.9. The van der Waals surface area contributed by atoms with Gasteiger partial charge in [-0.1, -0.05) is 18.7 Å². The molecule has 31 heavy (non-hydrogen) atoms. The van der Waals surface area contributed by atoms with E-state index in [1.165, 1.54) is 38.1 Å². The molecule has 0 aliphatic heterocycles. The highest BCUT2D eigenvalue weighted by atomic mass is 32.2. The van der Waals surface area contributed by atoms with Crippen molar-refractivity contribution in [3.05, 3.63) is 42.2 Å². The molecule has 2 heterocycles. The van der Waals surface area contributed by atoms with Gasteiger partial charge in [0, 0.05) is 13.0 Å².